The first-order valence-electron chi connectivity index (χ1n) is 10.2. The summed E-state index contributed by atoms with van der Waals surface area (Å²) in [4.78, 5) is 24.2. The summed E-state index contributed by atoms with van der Waals surface area (Å²) in [6.45, 7) is 10.5. The molecule has 2 aromatic rings. The molecular formula is C22H29IN4O5S. The van der Waals surface area contributed by atoms with E-state index in [0.717, 1.165) is 5.56 Å². The highest BCUT2D eigenvalue weighted by Crippen LogP contribution is 2.26. The number of nitrogens with one attached hydrogen (secondary N) is 3. The van der Waals surface area contributed by atoms with Gasteiger partial charge in [-0.05, 0) is 82.3 Å². The maximum atomic E-state index is 13.1. The number of pyridine rings is 1. The van der Waals surface area contributed by atoms with E-state index < -0.39 is 27.4 Å². The third-order valence-electron chi connectivity index (χ3n) is 4.18. The summed E-state index contributed by atoms with van der Waals surface area (Å²) in [6.07, 6.45) is 2.83. The Hall–Kier alpha value is -2.54. The maximum absolute atomic E-state index is 13.1. The molecule has 0 aliphatic rings. The molecule has 2 amide bonds. The number of nitrogens with zero attached hydrogens (tertiary/aromatic N) is 1. The van der Waals surface area contributed by atoms with Crippen molar-refractivity contribution in [1.82, 2.24) is 10.0 Å². The van der Waals surface area contributed by atoms with Crippen molar-refractivity contribution in [2.45, 2.75) is 52.5 Å². The minimum absolute atomic E-state index is 0.137. The van der Waals surface area contributed by atoms with Gasteiger partial charge in [0.15, 0.2) is 0 Å². The van der Waals surface area contributed by atoms with Gasteiger partial charge in [0.2, 0.25) is 0 Å². The first-order chi connectivity index (χ1) is 15.2. The van der Waals surface area contributed by atoms with Crippen LogP contribution in [0.4, 0.5) is 16.2 Å². The molecule has 180 valence electrons. The van der Waals surface area contributed by atoms with Crippen molar-refractivity contribution in [3.8, 4) is 0 Å². The standard InChI is InChI=1S/C22H29IN4O5S/c1-14(2)24-21(29)26-33(30,31)18-13-27(20(23)32-19(28)22(4,5)6)12-11-17(18)25-16-9-7-15(3)8-10-16/h7-14,25H,1-6H3,(H2,24,26,29). The third-order valence-corrected chi connectivity index (χ3v) is 6.32. The Kier molecular flexibility index (Phi) is 8.57. The molecule has 0 radical (unpaired) electrons. The summed E-state index contributed by atoms with van der Waals surface area (Å²) in [5.74, 6) is -0.472. The van der Waals surface area contributed by atoms with Gasteiger partial charge in [-0.25, -0.2) is 17.9 Å². The lowest BCUT2D eigenvalue weighted by Gasteiger charge is -2.21. The topological polar surface area (TPSA) is 117 Å². The smallest absolute Gasteiger partial charge is 0.328 e. The Labute approximate surface area is 208 Å². The van der Waals surface area contributed by atoms with Gasteiger partial charge in [0, 0.05) is 17.4 Å². The molecule has 33 heavy (non-hydrogen) atoms. The van der Waals surface area contributed by atoms with Crippen molar-refractivity contribution >= 4 is 56.0 Å². The lowest BCUT2D eigenvalue weighted by atomic mass is 9.98. The molecule has 2 rings (SSSR count). The Morgan fingerprint density at radius 2 is 1.73 bits per heavy atom. The van der Waals surface area contributed by atoms with Crippen LogP contribution in [-0.2, 0) is 19.6 Å². The Morgan fingerprint density at radius 1 is 1.12 bits per heavy atom. The van der Waals surface area contributed by atoms with Crippen molar-refractivity contribution in [1.29, 1.82) is 0 Å². The lowest BCUT2D eigenvalue weighted by Crippen LogP contribution is -2.44. The number of rotatable bonds is 7. The number of ether oxygens (including phenoxy) is 1. The number of carbonyl (C=O) groups is 2. The summed E-state index contributed by atoms with van der Waals surface area (Å²) < 4.78 is 35.1. The first kappa shape index (κ1) is 26.7. The first-order valence-corrected chi connectivity index (χ1v) is 12.7. The van der Waals surface area contributed by atoms with Gasteiger partial charge in [0.05, 0.1) is 17.8 Å². The van der Waals surface area contributed by atoms with Crippen LogP contribution in [0.2, 0.25) is 0 Å². The van der Waals surface area contributed by atoms with Crippen LogP contribution in [0.3, 0.4) is 0 Å². The molecule has 1 aromatic heterocycles. The minimum Gasteiger partial charge on any atom is -0.430 e. The van der Waals surface area contributed by atoms with E-state index in [0.29, 0.717) is 5.69 Å². The molecule has 1 heterocycles. The van der Waals surface area contributed by atoms with E-state index >= 15 is 0 Å². The van der Waals surface area contributed by atoms with Crippen molar-refractivity contribution in [2.24, 2.45) is 5.41 Å². The highest BCUT2D eigenvalue weighted by Gasteiger charge is 2.28. The summed E-state index contributed by atoms with van der Waals surface area (Å²) in [5.41, 5.74) is 1.22. The number of anilines is 2. The molecule has 1 aromatic carbocycles. The number of hydrogen-bond donors (Lipinski definition) is 3. The SMILES string of the molecule is Cc1ccc(Nc2cc[n+]([C-](I)OC(=O)C(C)(C)C)cc2S(=O)(=O)NC(=O)NC(C)C)cc1. The second-order valence-corrected chi connectivity index (χ2v) is 11.3. The van der Waals surface area contributed by atoms with Crippen LogP contribution in [0.25, 0.3) is 0 Å². The molecule has 0 spiro atoms. The highest BCUT2D eigenvalue weighted by atomic mass is 127. The molecule has 0 bridgehead atoms. The van der Waals surface area contributed by atoms with Crippen LogP contribution >= 0.6 is 22.6 Å². The highest BCUT2D eigenvalue weighted by molar-refractivity contribution is 14.1. The molecule has 0 saturated heterocycles. The fraction of sp³-hybridized carbons (Fsp3) is 0.364. The third kappa shape index (κ3) is 7.77. The fourth-order valence-electron chi connectivity index (χ4n) is 2.45. The predicted molar refractivity (Wildman–Crippen MR) is 133 cm³/mol. The van der Waals surface area contributed by atoms with Crippen LogP contribution in [-0.4, -0.2) is 26.5 Å². The van der Waals surface area contributed by atoms with Gasteiger partial charge in [0.25, 0.3) is 10.0 Å². The Morgan fingerprint density at radius 3 is 2.27 bits per heavy atom. The van der Waals surface area contributed by atoms with Crippen molar-refractivity contribution < 1.29 is 27.3 Å². The molecule has 0 aliphatic heterocycles. The summed E-state index contributed by atoms with van der Waals surface area (Å²) in [7, 11) is -4.28. The van der Waals surface area contributed by atoms with Gasteiger partial charge < -0.3 is 15.4 Å². The van der Waals surface area contributed by atoms with E-state index in [1.54, 1.807) is 40.8 Å². The number of urea groups is 1. The molecule has 0 unspecified atom stereocenters. The quantitative estimate of drug-likeness (QED) is 0.197. The van der Waals surface area contributed by atoms with Gasteiger partial charge in [-0.1, -0.05) is 17.7 Å². The monoisotopic (exact) mass is 588 g/mol. The number of amides is 2. The van der Waals surface area contributed by atoms with E-state index in [4.69, 9.17) is 4.74 Å². The molecule has 0 saturated carbocycles. The lowest BCUT2D eigenvalue weighted by molar-refractivity contribution is -0.664. The number of aryl methyl sites for hydroxylation is 1. The van der Waals surface area contributed by atoms with Crippen molar-refractivity contribution in [3.05, 3.63) is 52.5 Å². The molecule has 3 N–H and O–H groups in total. The van der Waals surface area contributed by atoms with Gasteiger partial charge in [-0.3, -0.25) is 9.36 Å². The number of halogens is 1. The molecule has 11 heteroatoms. The van der Waals surface area contributed by atoms with Gasteiger partial charge in [0.1, 0.15) is 4.90 Å². The summed E-state index contributed by atoms with van der Waals surface area (Å²) in [5, 5.41) is 5.56. The zero-order chi connectivity index (χ0) is 25.0. The largest absolute Gasteiger partial charge is 0.430 e. The molecule has 0 fully saturated rings. The van der Waals surface area contributed by atoms with E-state index in [1.807, 2.05) is 58.5 Å². The molecular weight excluding hydrogens is 559 g/mol. The predicted octanol–water partition coefficient (Wildman–Crippen LogP) is 3.74. The zero-order valence-electron chi connectivity index (χ0n) is 19.4. The Bertz CT molecular complexity index is 1110. The van der Waals surface area contributed by atoms with Crippen molar-refractivity contribution in [2.75, 3.05) is 5.32 Å². The van der Waals surface area contributed by atoms with E-state index in [9.17, 15) is 18.0 Å². The van der Waals surface area contributed by atoms with Gasteiger partial charge >= 0.3 is 16.2 Å². The Balaban J connectivity index is 2.46. The molecule has 9 nitrogen and oxygen atoms in total. The zero-order valence-corrected chi connectivity index (χ0v) is 22.4. The number of sulfonamides is 1. The second-order valence-electron chi connectivity index (χ2n) is 8.75. The number of aromatic nitrogens is 1. The number of benzene rings is 1. The second kappa shape index (κ2) is 10.6. The van der Waals surface area contributed by atoms with Crippen molar-refractivity contribution in [3.63, 3.8) is 0 Å². The number of esters is 1. The molecule has 0 aliphatic carbocycles. The van der Waals surface area contributed by atoms with Gasteiger partial charge in [-0.15, -0.1) is 0 Å². The van der Waals surface area contributed by atoms with Gasteiger partial charge in [-0.2, -0.15) is 0 Å². The van der Waals surface area contributed by atoms with Crippen LogP contribution in [0.15, 0.2) is 47.6 Å². The maximum Gasteiger partial charge on any atom is 0.328 e. The fourth-order valence-corrected chi connectivity index (χ4v) is 4.02. The average molecular weight is 588 g/mol. The van der Waals surface area contributed by atoms with Crippen LogP contribution in [0, 0.1) is 16.6 Å². The minimum atomic E-state index is -4.28. The summed E-state index contributed by atoms with van der Waals surface area (Å²) in [6, 6.07) is 7.82. The van der Waals surface area contributed by atoms with E-state index in [1.165, 1.54) is 16.8 Å². The van der Waals surface area contributed by atoms with Crippen LogP contribution in [0.5, 0.6) is 0 Å². The molecule has 0 atom stereocenters. The number of hydrogen-bond acceptors (Lipinski definition) is 6. The summed E-state index contributed by atoms with van der Waals surface area (Å²) >= 11 is 1.81. The van der Waals surface area contributed by atoms with Crippen LogP contribution in [0.1, 0.15) is 40.2 Å². The average Bonchev–Trinajstić information content (AvgIpc) is 2.68. The van der Waals surface area contributed by atoms with E-state index in [2.05, 4.69) is 10.6 Å². The number of carbonyl (C=O) groups excluding carboxylic acids is 2. The van der Waals surface area contributed by atoms with Crippen LogP contribution < -0.4 is 19.9 Å². The van der Waals surface area contributed by atoms with E-state index in [-0.39, 0.29) is 20.9 Å². The normalized spacial score (nSPS) is 11.6.